The molecule has 0 atom stereocenters. The number of benzene rings is 1. The molecule has 1 aromatic heterocycles. The van der Waals surface area contributed by atoms with Crippen LogP contribution in [0.3, 0.4) is 0 Å². The van der Waals surface area contributed by atoms with E-state index in [0.717, 1.165) is 30.0 Å². The maximum Gasteiger partial charge on any atom is 0.128 e. The van der Waals surface area contributed by atoms with E-state index in [1.807, 2.05) is 19.1 Å². The highest BCUT2D eigenvalue weighted by molar-refractivity contribution is 6.31. The van der Waals surface area contributed by atoms with Gasteiger partial charge in [0.25, 0.3) is 0 Å². The Labute approximate surface area is 123 Å². The molecule has 106 valence electrons. The Hall–Kier alpha value is -1.65. The van der Waals surface area contributed by atoms with Crippen LogP contribution in [-0.2, 0) is 6.54 Å². The summed E-state index contributed by atoms with van der Waals surface area (Å²) in [4.78, 5) is 4.26. The molecule has 0 bridgehead atoms. The first-order valence-corrected chi connectivity index (χ1v) is 6.85. The first-order chi connectivity index (χ1) is 9.66. The monoisotopic (exact) mass is 293 g/mol. The van der Waals surface area contributed by atoms with E-state index in [1.54, 1.807) is 12.3 Å². The average Bonchev–Trinajstić information content (AvgIpc) is 2.42. The summed E-state index contributed by atoms with van der Waals surface area (Å²) < 4.78 is 12.9. The second-order valence-electron chi connectivity index (χ2n) is 4.51. The molecule has 0 spiro atoms. The second-order valence-corrected chi connectivity index (χ2v) is 4.92. The third kappa shape index (κ3) is 4.18. The van der Waals surface area contributed by atoms with Gasteiger partial charge in [-0.1, -0.05) is 23.7 Å². The highest BCUT2D eigenvalue weighted by atomic mass is 35.5. The van der Waals surface area contributed by atoms with E-state index in [4.69, 9.17) is 11.6 Å². The van der Waals surface area contributed by atoms with Gasteiger partial charge in [-0.2, -0.15) is 0 Å². The maximum atomic E-state index is 12.9. The number of aryl methyl sites for hydroxylation is 1. The van der Waals surface area contributed by atoms with Gasteiger partial charge in [-0.05, 0) is 36.2 Å². The second kappa shape index (κ2) is 7.22. The Bertz CT molecular complexity index is 575. The minimum Gasteiger partial charge on any atom is -0.369 e. The van der Waals surface area contributed by atoms with E-state index < -0.39 is 0 Å². The topological polar surface area (TPSA) is 37.0 Å². The lowest BCUT2D eigenvalue weighted by molar-refractivity contribution is 0.625. The van der Waals surface area contributed by atoms with Crippen molar-refractivity contribution in [1.82, 2.24) is 10.3 Å². The van der Waals surface area contributed by atoms with E-state index in [0.29, 0.717) is 11.6 Å². The molecular formula is C15H17ClFN3. The van der Waals surface area contributed by atoms with Crippen LogP contribution in [0.5, 0.6) is 0 Å². The molecule has 2 aromatic rings. The normalized spacial score (nSPS) is 10.6. The molecule has 1 aromatic carbocycles. The summed E-state index contributed by atoms with van der Waals surface area (Å²) in [7, 11) is 0. The Kier molecular flexibility index (Phi) is 5.32. The molecule has 0 aliphatic heterocycles. The summed E-state index contributed by atoms with van der Waals surface area (Å²) in [5.74, 6) is 0.583. The van der Waals surface area contributed by atoms with Crippen molar-refractivity contribution in [2.45, 2.75) is 13.5 Å². The number of hydrogen-bond donors (Lipinski definition) is 2. The summed E-state index contributed by atoms with van der Waals surface area (Å²) in [5.41, 5.74) is 2.01. The Balaban J connectivity index is 1.73. The summed E-state index contributed by atoms with van der Waals surface area (Å²) >= 11 is 5.95. The van der Waals surface area contributed by atoms with Gasteiger partial charge in [0, 0.05) is 30.9 Å². The molecule has 0 fully saturated rings. The number of nitrogens with one attached hydrogen (secondary N) is 2. The van der Waals surface area contributed by atoms with Crippen LogP contribution in [0.2, 0.25) is 5.02 Å². The zero-order valence-electron chi connectivity index (χ0n) is 11.3. The van der Waals surface area contributed by atoms with Gasteiger partial charge in [-0.25, -0.2) is 9.37 Å². The number of pyridine rings is 1. The third-order valence-corrected chi connectivity index (χ3v) is 3.29. The molecule has 0 saturated carbocycles. The predicted molar refractivity (Wildman–Crippen MR) is 80.6 cm³/mol. The summed E-state index contributed by atoms with van der Waals surface area (Å²) in [6.45, 7) is 4.16. The van der Waals surface area contributed by atoms with Crippen molar-refractivity contribution in [2.24, 2.45) is 0 Å². The molecule has 3 nitrogen and oxygen atoms in total. The van der Waals surface area contributed by atoms with Gasteiger partial charge < -0.3 is 10.6 Å². The fraction of sp³-hybridized carbons (Fsp3) is 0.267. The molecule has 0 radical (unpaired) electrons. The minimum atomic E-state index is -0.314. The summed E-state index contributed by atoms with van der Waals surface area (Å²) in [6, 6.07) is 8.36. The highest BCUT2D eigenvalue weighted by Gasteiger charge is 2.01. The van der Waals surface area contributed by atoms with Crippen LogP contribution in [0.1, 0.15) is 11.1 Å². The zero-order chi connectivity index (χ0) is 14.4. The molecule has 20 heavy (non-hydrogen) atoms. The van der Waals surface area contributed by atoms with Crippen molar-refractivity contribution >= 4 is 17.4 Å². The molecule has 5 heteroatoms. The molecule has 0 saturated heterocycles. The number of nitrogens with zero attached hydrogens (tertiary/aromatic N) is 1. The molecule has 2 N–H and O–H groups in total. The average molecular weight is 294 g/mol. The van der Waals surface area contributed by atoms with E-state index in [-0.39, 0.29) is 5.82 Å². The fourth-order valence-corrected chi connectivity index (χ4v) is 2.06. The quantitative estimate of drug-likeness (QED) is 0.802. The van der Waals surface area contributed by atoms with Crippen molar-refractivity contribution in [2.75, 3.05) is 18.4 Å². The SMILES string of the molecule is Cc1cccnc1NCCNCc1ccc(F)cc1Cl. The first kappa shape index (κ1) is 14.8. The van der Waals surface area contributed by atoms with Crippen molar-refractivity contribution in [3.8, 4) is 0 Å². The molecule has 0 unspecified atom stereocenters. The number of aromatic nitrogens is 1. The van der Waals surface area contributed by atoms with E-state index in [9.17, 15) is 4.39 Å². The Morgan fingerprint density at radius 1 is 1.25 bits per heavy atom. The molecule has 0 amide bonds. The van der Waals surface area contributed by atoms with E-state index in [2.05, 4.69) is 15.6 Å². The van der Waals surface area contributed by atoms with Gasteiger partial charge in [-0.3, -0.25) is 0 Å². The summed E-state index contributed by atoms with van der Waals surface area (Å²) in [6.07, 6.45) is 1.76. The number of hydrogen-bond acceptors (Lipinski definition) is 3. The van der Waals surface area contributed by atoms with Crippen LogP contribution in [0.15, 0.2) is 36.5 Å². The lowest BCUT2D eigenvalue weighted by Crippen LogP contribution is -2.22. The van der Waals surface area contributed by atoms with Gasteiger partial charge in [0.1, 0.15) is 11.6 Å². The van der Waals surface area contributed by atoms with Gasteiger partial charge >= 0.3 is 0 Å². The van der Waals surface area contributed by atoms with Crippen LogP contribution >= 0.6 is 11.6 Å². The van der Waals surface area contributed by atoms with Gasteiger partial charge in [0.05, 0.1) is 0 Å². The van der Waals surface area contributed by atoms with Gasteiger partial charge in [-0.15, -0.1) is 0 Å². The molecule has 0 aliphatic carbocycles. The van der Waals surface area contributed by atoms with E-state index >= 15 is 0 Å². The van der Waals surface area contributed by atoms with Crippen molar-refractivity contribution in [3.63, 3.8) is 0 Å². The fourth-order valence-electron chi connectivity index (χ4n) is 1.83. The number of anilines is 1. The van der Waals surface area contributed by atoms with Crippen LogP contribution in [-0.4, -0.2) is 18.1 Å². The smallest absolute Gasteiger partial charge is 0.128 e. The van der Waals surface area contributed by atoms with Crippen molar-refractivity contribution in [3.05, 3.63) is 58.5 Å². The lowest BCUT2D eigenvalue weighted by Gasteiger charge is -2.09. The maximum absolute atomic E-state index is 12.9. The van der Waals surface area contributed by atoms with Crippen LogP contribution in [0, 0.1) is 12.7 Å². The predicted octanol–water partition coefficient (Wildman–Crippen LogP) is 3.38. The Morgan fingerprint density at radius 3 is 2.85 bits per heavy atom. The molecule has 1 heterocycles. The third-order valence-electron chi connectivity index (χ3n) is 2.93. The van der Waals surface area contributed by atoms with Crippen molar-refractivity contribution < 1.29 is 4.39 Å². The number of rotatable bonds is 6. The molecule has 2 rings (SSSR count). The van der Waals surface area contributed by atoms with Crippen LogP contribution in [0.25, 0.3) is 0 Å². The molecular weight excluding hydrogens is 277 g/mol. The standard InChI is InChI=1S/C15H17ClFN3/c1-11-3-2-6-19-15(11)20-8-7-18-10-12-4-5-13(17)9-14(12)16/h2-6,9,18H,7-8,10H2,1H3,(H,19,20). The summed E-state index contributed by atoms with van der Waals surface area (Å²) in [5, 5.41) is 6.96. The van der Waals surface area contributed by atoms with Crippen molar-refractivity contribution in [1.29, 1.82) is 0 Å². The first-order valence-electron chi connectivity index (χ1n) is 6.47. The largest absolute Gasteiger partial charge is 0.369 e. The van der Waals surface area contributed by atoms with Crippen LogP contribution in [0.4, 0.5) is 10.2 Å². The number of halogens is 2. The van der Waals surface area contributed by atoms with E-state index in [1.165, 1.54) is 12.1 Å². The zero-order valence-corrected chi connectivity index (χ0v) is 12.0. The lowest BCUT2D eigenvalue weighted by atomic mass is 10.2. The van der Waals surface area contributed by atoms with Gasteiger partial charge in [0.2, 0.25) is 0 Å². The minimum absolute atomic E-state index is 0.314. The van der Waals surface area contributed by atoms with Crippen LogP contribution < -0.4 is 10.6 Å². The highest BCUT2D eigenvalue weighted by Crippen LogP contribution is 2.16. The van der Waals surface area contributed by atoms with Gasteiger partial charge in [0.15, 0.2) is 0 Å². The Morgan fingerprint density at radius 2 is 2.10 bits per heavy atom. The molecule has 0 aliphatic rings.